The maximum absolute atomic E-state index is 12.9. The summed E-state index contributed by atoms with van der Waals surface area (Å²) in [5.41, 5.74) is 5.15. The van der Waals surface area contributed by atoms with E-state index < -0.39 is 0 Å². The fraction of sp³-hybridized carbons (Fsp3) is 0.850. The van der Waals surface area contributed by atoms with Crippen molar-refractivity contribution in [3.63, 3.8) is 0 Å². The molecular weight excluding hydrogens is 376 g/mol. The monoisotopic (exact) mass is 410 g/mol. The summed E-state index contributed by atoms with van der Waals surface area (Å²) < 4.78 is 5.02. The average Bonchev–Trinajstić information content (AvgIpc) is 2.62. The smallest absolute Gasteiger partial charge is 0.238 e. The summed E-state index contributed by atoms with van der Waals surface area (Å²) in [6.45, 7) is 3.01. The van der Waals surface area contributed by atoms with Gasteiger partial charge in [-0.1, -0.05) is 0 Å². The number of ether oxygens (including phenoxy) is 1. The minimum Gasteiger partial charge on any atom is -0.383 e. The molecule has 0 spiro atoms. The lowest BCUT2D eigenvalue weighted by atomic mass is 9.49. The second kappa shape index (κ2) is 9.39. The van der Waals surface area contributed by atoms with Gasteiger partial charge in [0.2, 0.25) is 11.8 Å². The van der Waals surface area contributed by atoms with Crippen molar-refractivity contribution in [2.75, 3.05) is 20.3 Å². The van der Waals surface area contributed by atoms with Crippen LogP contribution in [0.3, 0.4) is 0 Å². The van der Waals surface area contributed by atoms with Crippen LogP contribution >= 0.6 is 12.2 Å². The third-order valence-corrected chi connectivity index (χ3v) is 6.72. The topological polar surface area (TPSA) is 91.5 Å². The summed E-state index contributed by atoms with van der Waals surface area (Å²) in [7, 11) is 1.62. The van der Waals surface area contributed by atoms with Gasteiger partial charge >= 0.3 is 0 Å². The van der Waals surface area contributed by atoms with Crippen molar-refractivity contribution in [1.82, 2.24) is 21.5 Å². The molecule has 0 aromatic heterocycles. The number of carbonyl (C=O) groups excluding carboxylic acids is 2. The third-order valence-electron chi connectivity index (χ3n) is 6.50. The molecule has 0 radical (unpaired) electrons. The number of carbonyl (C=O) groups is 2. The van der Waals surface area contributed by atoms with Gasteiger partial charge in [-0.3, -0.25) is 20.4 Å². The second-order valence-corrected chi connectivity index (χ2v) is 9.47. The largest absolute Gasteiger partial charge is 0.383 e. The molecule has 4 N–H and O–H groups in total. The molecule has 0 heterocycles. The fourth-order valence-electron chi connectivity index (χ4n) is 5.77. The molecule has 2 amide bonds. The summed E-state index contributed by atoms with van der Waals surface area (Å²) in [4.78, 5) is 24.8. The number of thiocarbonyl (C=S) groups is 1. The second-order valence-electron chi connectivity index (χ2n) is 9.06. The van der Waals surface area contributed by atoms with E-state index in [-0.39, 0.29) is 23.3 Å². The van der Waals surface area contributed by atoms with Crippen molar-refractivity contribution in [3.8, 4) is 0 Å². The maximum Gasteiger partial charge on any atom is 0.238 e. The van der Waals surface area contributed by atoms with E-state index in [4.69, 9.17) is 17.0 Å². The Hall–Kier alpha value is -1.41. The van der Waals surface area contributed by atoms with Crippen molar-refractivity contribution in [1.29, 1.82) is 0 Å². The SMILES string of the molecule is COC[C@@H](C)NC(=S)NNC(=O)CCCNC(=O)C12CC3CC(CC(C3)C1)C2. The molecule has 4 rings (SSSR count). The van der Waals surface area contributed by atoms with Crippen LogP contribution in [0.4, 0.5) is 0 Å². The van der Waals surface area contributed by atoms with Gasteiger partial charge in [0.05, 0.1) is 6.61 Å². The highest BCUT2D eigenvalue weighted by Gasteiger charge is 2.54. The van der Waals surface area contributed by atoms with Gasteiger partial charge in [-0.25, -0.2) is 0 Å². The summed E-state index contributed by atoms with van der Waals surface area (Å²) in [5, 5.41) is 6.47. The van der Waals surface area contributed by atoms with Gasteiger partial charge in [-0.05, 0) is 81.8 Å². The molecule has 4 aliphatic carbocycles. The number of nitrogens with one attached hydrogen (secondary N) is 4. The lowest BCUT2D eigenvalue weighted by molar-refractivity contribution is -0.146. The maximum atomic E-state index is 12.9. The Bertz CT molecular complexity index is 563. The summed E-state index contributed by atoms with van der Waals surface area (Å²) >= 11 is 5.11. The van der Waals surface area contributed by atoms with Crippen LogP contribution < -0.4 is 21.5 Å². The van der Waals surface area contributed by atoms with Gasteiger partial charge in [0.15, 0.2) is 5.11 Å². The molecule has 4 bridgehead atoms. The first-order valence-electron chi connectivity index (χ1n) is 10.5. The van der Waals surface area contributed by atoms with Crippen LogP contribution in [0.5, 0.6) is 0 Å². The van der Waals surface area contributed by atoms with Crippen molar-refractivity contribution in [3.05, 3.63) is 0 Å². The predicted octanol–water partition coefficient (Wildman–Crippen LogP) is 1.63. The predicted molar refractivity (Wildman–Crippen MR) is 111 cm³/mol. The molecule has 8 heteroatoms. The van der Waals surface area contributed by atoms with E-state index >= 15 is 0 Å². The molecule has 4 fully saturated rings. The van der Waals surface area contributed by atoms with Crippen molar-refractivity contribution >= 4 is 29.1 Å². The van der Waals surface area contributed by atoms with Crippen LogP contribution in [-0.4, -0.2) is 43.2 Å². The quantitative estimate of drug-likeness (QED) is 0.276. The van der Waals surface area contributed by atoms with Crippen molar-refractivity contribution in [2.24, 2.45) is 23.2 Å². The van der Waals surface area contributed by atoms with Crippen LogP contribution in [0.15, 0.2) is 0 Å². The number of rotatable bonds is 8. The molecule has 1 atom stereocenters. The lowest BCUT2D eigenvalue weighted by Crippen LogP contribution is -2.53. The van der Waals surface area contributed by atoms with Crippen molar-refractivity contribution in [2.45, 2.75) is 64.3 Å². The number of methoxy groups -OCH3 is 1. The van der Waals surface area contributed by atoms with Gasteiger partial charge in [-0.2, -0.15) is 0 Å². The molecule has 0 unspecified atom stereocenters. The van der Waals surface area contributed by atoms with Gasteiger partial charge in [0, 0.05) is 31.5 Å². The first kappa shape index (κ1) is 21.3. The minimum atomic E-state index is -0.146. The minimum absolute atomic E-state index is 0.0571. The Balaban J connectivity index is 1.30. The average molecular weight is 411 g/mol. The first-order valence-corrected chi connectivity index (χ1v) is 10.9. The van der Waals surface area contributed by atoms with Crippen LogP contribution in [0.1, 0.15) is 58.3 Å². The molecule has 0 aromatic rings. The normalized spacial score (nSPS) is 31.1. The Labute approximate surface area is 173 Å². The molecular formula is C20H34N4O3S. The molecule has 0 saturated heterocycles. The zero-order chi connectivity index (χ0) is 20.1. The number of amides is 2. The van der Waals surface area contributed by atoms with Gasteiger partial charge < -0.3 is 15.4 Å². The van der Waals surface area contributed by atoms with Crippen LogP contribution in [0, 0.1) is 23.2 Å². The number of hydrogen-bond donors (Lipinski definition) is 4. The molecule has 4 saturated carbocycles. The molecule has 158 valence electrons. The van der Waals surface area contributed by atoms with E-state index in [1.165, 1.54) is 19.3 Å². The van der Waals surface area contributed by atoms with Gasteiger partial charge in [-0.15, -0.1) is 0 Å². The van der Waals surface area contributed by atoms with Crippen molar-refractivity contribution < 1.29 is 14.3 Å². The van der Waals surface area contributed by atoms with E-state index in [0.717, 1.165) is 37.0 Å². The lowest BCUT2D eigenvalue weighted by Gasteiger charge is -2.55. The number of hydrogen-bond acceptors (Lipinski definition) is 4. The highest BCUT2D eigenvalue weighted by atomic mass is 32.1. The molecule has 7 nitrogen and oxygen atoms in total. The van der Waals surface area contributed by atoms with E-state index in [9.17, 15) is 9.59 Å². The standard InChI is InChI=1S/C20H34N4O3S/c1-13(12-27-2)22-19(28)24-23-17(25)4-3-5-21-18(26)20-9-14-6-15(10-20)8-16(7-14)11-20/h13-16H,3-12H2,1-2H3,(H,21,26)(H,23,25)(H2,22,24,28)/t13-,14?,15?,16?,20?/m1/s1. The molecule has 0 aliphatic heterocycles. The zero-order valence-electron chi connectivity index (χ0n) is 17.0. The Morgan fingerprint density at radius 1 is 1.11 bits per heavy atom. The zero-order valence-corrected chi connectivity index (χ0v) is 17.8. The highest BCUT2D eigenvalue weighted by molar-refractivity contribution is 7.80. The Morgan fingerprint density at radius 2 is 1.71 bits per heavy atom. The third kappa shape index (κ3) is 5.35. The fourth-order valence-corrected chi connectivity index (χ4v) is 6.02. The van der Waals surface area contributed by atoms with Crippen LogP contribution in [0.2, 0.25) is 0 Å². The Kier molecular flexibility index (Phi) is 7.15. The Morgan fingerprint density at radius 3 is 2.29 bits per heavy atom. The van der Waals surface area contributed by atoms with E-state index in [1.54, 1.807) is 7.11 Å². The van der Waals surface area contributed by atoms with E-state index in [2.05, 4.69) is 21.5 Å². The summed E-state index contributed by atoms with van der Waals surface area (Å²) in [6, 6.07) is 0.0571. The molecule has 0 aromatic carbocycles. The van der Waals surface area contributed by atoms with Gasteiger partial charge in [0.25, 0.3) is 0 Å². The highest BCUT2D eigenvalue weighted by Crippen LogP contribution is 2.60. The van der Waals surface area contributed by atoms with E-state index in [1.807, 2.05) is 6.92 Å². The molecule has 4 aliphatic rings. The van der Waals surface area contributed by atoms with Crippen LogP contribution in [0.25, 0.3) is 0 Å². The first-order chi connectivity index (χ1) is 13.4. The van der Waals surface area contributed by atoms with Crippen LogP contribution in [-0.2, 0) is 14.3 Å². The summed E-state index contributed by atoms with van der Waals surface area (Å²) in [5.74, 6) is 2.36. The molecule has 28 heavy (non-hydrogen) atoms. The van der Waals surface area contributed by atoms with Gasteiger partial charge in [0.1, 0.15) is 0 Å². The number of hydrazine groups is 1. The van der Waals surface area contributed by atoms with E-state index in [0.29, 0.717) is 31.1 Å². The summed E-state index contributed by atoms with van der Waals surface area (Å²) in [6.07, 6.45) is 8.17.